The molecule has 0 aromatic heterocycles. The third-order valence-electron chi connectivity index (χ3n) is 2.98. The Hall–Kier alpha value is -1.76. The predicted octanol–water partition coefficient (Wildman–Crippen LogP) is 5.21. The summed E-state index contributed by atoms with van der Waals surface area (Å²) in [6.07, 6.45) is 0.481. The summed E-state index contributed by atoms with van der Waals surface area (Å²) < 4.78 is 18.3. The normalized spacial score (nSPS) is 11.7. The van der Waals surface area contributed by atoms with Gasteiger partial charge in [-0.1, -0.05) is 29.3 Å². The smallest absolute Gasteiger partial charge is 0.123 e. The van der Waals surface area contributed by atoms with Crippen molar-refractivity contribution in [3.05, 3.63) is 63.9 Å². The molecular weight excluding hydrogens is 312 g/mol. The number of ether oxygens (including phenoxy) is 1. The molecule has 2 aromatic rings. The van der Waals surface area contributed by atoms with Gasteiger partial charge in [-0.25, -0.2) is 4.39 Å². The molecule has 5 heteroatoms. The molecule has 0 unspecified atom stereocenters. The Kier molecular flexibility index (Phi) is 5.44. The van der Waals surface area contributed by atoms with Crippen molar-refractivity contribution in [1.29, 1.82) is 5.26 Å². The highest BCUT2D eigenvalue weighted by atomic mass is 35.5. The van der Waals surface area contributed by atoms with Gasteiger partial charge in [-0.05, 0) is 42.0 Å². The standard InChI is InChI=1S/C16H12Cl2FNO/c17-12-1-6-15(16(18)9-12)11(10-20)7-8-21-14-4-2-13(19)3-5-14/h1-6,9,11H,7-8H2/t11-/m1/s1. The van der Waals surface area contributed by atoms with Gasteiger partial charge in [0.2, 0.25) is 0 Å². The van der Waals surface area contributed by atoms with Crippen LogP contribution in [0.2, 0.25) is 10.0 Å². The zero-order valence-electron chi connectivity index (χ0n) is 11.0. The summed E-state index contributed by atoms with van der Waals surface area (Å²) >= 11 is 11.9. The zero-order valence-corrected chi connectivity index (χ0v) is 12.5. The molecule has 2 rings (SSSR count). The molecule has 0 heterocycles. The lowest BCUT2D eigenvalue weighted by Gasteiger charge is -2.12. The fourth-order valence-electron chi connectivity index (χ4n) is 1.90. The van der Waals surface area contributed by atoms with Crippen LogP contribution in [-0.4, -0.2) is 6.61 Å². The first-order valence-electron chi connectivity index (χ1n) is 6.33. The van der Waals surface area contributed by atoms with E-state index in [2.05, 4.69) is 6.07 Å². The van der Waals surface area contributed by atoms with Crippen molar-refractivity contribution in [2.24, 2.45) is 0 Å². The molecule has 0 aliphatic rings. The van der Waals surface area contributed by atoms with Crippen LogP contribution in [0.15, 0.2) is 42.5 Å². The molecule has 21 heavy (non-hydrogen) atoms. The maximum atomic E-state index is 12.8. The molecule has 0 fully saturated rings. The van der Waals surface area contributed by atoms with Gasteiger partial charge in [0.05, 0.1) is 18.6 Å². The van der Waals surface area contributed by atoms with Crippen molar-refractivity contribution in [3.63, 3.8) is 0 Å². The van der Waals surface area contributed by atoms with Crippen LogP contribution in [0, 0.1) is 17.1 Å². The second kappa shape index (κ2) is 7.31. The Labute approximate surface area is 132 Å². The van der Waals surface area contributed by atoms with Gasteiger partial charge in [-0.3, -0.25) is 0 Å². The van der Waals surface area contributed by atoms with Gasteiger partial charge in [0.1, 0.15) is 11.6 Å². The summed E-state index contributed by atoms with van der Waals surface area (Å²) in [6, 6.07) is 13.0. The van der Waals surface area contributed by atoms with Crippen LogP contribution in [0.25, 0.3) is 0 Å². The van der Waals surface area contributed by atoms with Gasteiger partial charge in [0, 0.05) is 16.5 Å². The molecule has 108 valence electrons. The monoisotopic (exact) mass is 323 g/mol. The first-order valence-corrected chi connectivity index (χ1v) is 7.08. The Balaban J connectivity index is 1.97. The van der Waals surface area contributed by atoms with E-state index in [9.17, 15) is 9.65 Å². The number of rotatable bonds is 5. The first kappa shape index (κ1) is 15.6. The van der Waals surface area contributed by atoms with Gasteiger partial charge in [-0.15, -0.1) is 0 Å². The SMILES string of the molecule is N#C[C@@H](CCOc1ccc(F)cc1)c1ccc(Cl)cc1Cl. The largest absolute Gasteiger partial charge is 0.494 e. The fourth-order valence-corrected chi connectivity index (χ4v) is 2.44. The average molecular weight is 324 g/mol. The molecule has 0 N–H and O–H groups in total. The van der Waals surface area contributed by atoms with Gasteiger partial charge >= 0.3 is 0 Å². The minimum atomic E-state index is -0.379. The van der Waals surface area contributed by atoms with Gasteiger partial charge in [-0.2, -0.15) is 5.26 Å². The Morgan fingerprint density at radius 2 is 1.86 bits per heavy atom. The second-order valence-electron chi connectivity index (χ2n) is 4.44. The number of hydrogen-bond acceptors (Lipinski definition) is 2. The molecule has 0 saturated heterocycles. The van der Waals surface area contributed by atoms with Gasteiger partial charge in [0.15, 0.2) is 0 Å². The van der Waals surface area contributed by atoms with Crippen LogP contribution in [0.1, 0.15) is 17.9 Å². The summed E-state index contributed by atoms with van der Waals surface area (Å²) in [5.74, 6) is -0.129. The molecule has 0 bridgehead atoms. The van der Waals surface area contributed by atoms with E-state index in [0.717, 1.165) is 5.56 Å². The summed E-state index contributed by atoms with van der Waals surface area (Å²) in [7, 11) is 0. The molecule has 0 aliphatic heterocycles. The highest BCUT2D eigenvalue weighted by Gasteiger charge is 2.14. The molecule has 0 spiro atoms. The second-order valence-corrected chi connectivity index (χ2v) is 5.28. The summed E-state index contributed by atoms with van der Waals surface area (Å²) in [5, 5.41) is 10.3. The molecule has 0 aliphatic carbocycles. The third-order valence-corrected chi connectivity index (χ3v) is 3.55. The van der Waals surface area contributed by atoms with Crippen molar-refractivity contribution in [3.8, 4) is 11.8 Å². The van der Waals surface area contributed by atoms with E-state index in [1.807, 2.05) is 0 Å². The van der Waals surface area contributed by atoms with Crippen LogP contribution >= 0.6 is 23.2 Å². The highest BCUT2D eigenvalue weighted by molar-refractivity contribution is 6.35. The average Bonchev–Trinajstić information content (AvgIpc) is 2.46. The molecule has 2 nitrogen and oxygen atoms in total. The lowest BCUT2D eigenvalue weighted by Crippen LogP contribution is -2.05. The summed E-state index contributed by atoms with van der Waals surface area (Å²) in [6.45, 7) is 0.336. The Bertz CT molecular complexity index is 652. The summed E-state index contributed by atoms with van der Waals surface area (Å²) in [5.41, 5.74) is 0.728. The lowest BCUT2D eigenvalue weighted by molar-refractivity contribution is 0.305. The van der Waals surface area contributed by atoms with E-state index in [0.29, 0.717) is 28.8 Å². The van der Waals surface area contributed by atoms with Gasteiger partial charge in [0.25, 0.3) is 0 Å². The van der Waals surface area contributed by atoms with Crippen LogP contribution in [-0.2, 0) is 0 Å². The predicted molar refractivity (Wildman–Crippen MR) is 81.3 cm³/mol. The molecule has 0 amide bonds. The van der Waals surface area contributed by atoms with Crippen molar-refractivity contribution in [2.75, 3.05) is 6.61 Å². The fraction of sp³-hybridized carbons (Fsp3) is 0.188. The maximum absolute atomic E-state index is 12.8. The highest BCUT2D eigenvalue weighted by Crippen LogP contribution is 2.29. The molecule has 1 atom stereocenters. The number of hydrogen-bond donors (Lipinski definition) is 0. The van der Waals surface area contributed by atoms with Gasteiger partial charge < -0.3 is 4.74 Å². The van der Waals surface area contributed by atoms with E-state index in [1.54, 1.807) is 30.3 Å². The van der Waals surface area contributed by atoms with E-state index in [1.165, 1.54) is 12.1 Å². The van der Waals surface area contributed by atoms with E-state index in [4.69, 9.17) is 27.9 Å². The Morgan fingerprint density at radius 3 is 2.48 bits per heavy atom. The van der Waals surface area contributed by atoms with Crippen molar-refractivity contribution >= 4 is 23.2 Å². The summed E-state index contributed by atoms with van der Waals surface area (Å²) in [4.78, 5) is 0. The number of benzene rings is 2. The minimum Gasteiger partial charge on any atom is -0.494 e. The molecule has 2 aromatic carbocycles. The number of nitrogens with zero attached hydrogens (tertiary/aromatic N) is 1. The van der Waals surface area contributed by atoms with Crippen LogP contribution in [0.4, 0.5) is 4.39 Å². The first-order chi connectivity index (χ1) is 10.1. The van der Waals surface area contributed by atoms with Crippen molar-refractivity contribution in [1.82, 2.24) is 0 Å². The van der Waals surface area contributed by atoms with Crippen molar-refractivity contribution in [2.45, 2.75) is 12.3 Å². The number of halogens is 3. The third kappa shape index (κ3) is 4.35. The van der Waals surface area contributed by atoms with E-state index >= 15 is 0 Å². The minimum absolute atomic E-state index is 0.315. The van der Waals surface area contributed by atoms with Crippen LogP contribution < -0.4 is 4.74 Å². The maximum Gasteiger partial charge on any atom is 0.123 e. The van der Waals surface area contributed by atoms with E-state index in [-0.39, 0.29) is 11.7 Å². The van der Waals surface area contributed by atoms with Crippen LogP contribution in [0.3, 0.4) is 0 Å². The van der Waals surface area contributed by atoms with E-state index < -0.39 is 0 Å². The van der Waals surface area contributed by atoms with Crippen molar-refractivity contribution < 1.29 is 9.13 Å². The quantitative estimate of drug-likeness (QED) is 0.756. The lowest BCUT2D eigenvalue weighted by atomic mass is 9.97. The Morgan fingerprint density at radius 1 is 1.14 bits per heavy atom. The number of nitriles is 1. The molecule has 0 saturated carbocycles. The zero-order chi connectivity index (χ0) is 15.2. The topological polar surface area (TPSA) is 33.0 Å². The van der Waals surface area contributed by atoms with Crippen LogP contribution in [0.5, 0.6) is 5.75 Å². The molecule has 0 radical (unpaired) electrons. The molecular formula is C16H12Cl2FNO.